The van der Waals surface area contributed by atoms with E-state index in [0.29, 0.717) is 0 Å². The monoisotopic (exact) mass is 221 g/mol. The minimum Gasteiger partial charge on any atom is -0.315 e. The SMILES string of the molecule is Cc1ccnn1CCNCC1CCCCC1. The standard InChI is InChI=1S/C13H23N3/c1-12-7-8-15-16(12)10-9-14-11-13-5-3-2-4-6-13/h7-8,13-14H,2-6,9-11H2,1H3. The van der Waals surface area contributed by atoms with E-state index in [4.69, 9.17) is 0 Å². The van der Waals surface area contributed by atoms with Gasteiger partial charge in [-0.2, -0.15) is 5.10 Å². The molecule has 3 nitrogen and oxygen atoms in total. The van der Waals surface area contributed by atoms with Gasteiger partial charge in [0.2, 0.25) is 0 Å². The van der Waals surface area contributed by atoms with E-state index in [1.165, 1.54) is 44.3 Å². The van der Waals surface area contributed by atoms with Crippen LogP contribution in [-0.2, 0) is 6.54 Å². The average Bonchev–Trinajstić information content (AvgIpc) is 2.72. The van der Waals surface area contributed by atoms with Gasteiger partial charge in [-0.3, -0.25) is 4.68 Å². The van der Waals surface area contributed by atoms with Crippen LogP contribution in [0.3, 0.4) is 0 Å². The van der Waals surface area contributed by atoms with Gasteiger partial charge in [-0.25, -0.2) is 0 Å². The van der Waals surface area contributed by atoms with Crippen molar-refractivity contribution in [3.8, 4) is 0 Å². The van der Waals surface area contributed by atoms with Crippen molar-refractivity contribution in [1.82, 2.24) is 15.1 Å². The Balaban J connectivity index is 1.59. The second kappa shape index (κ2) is 6.04. The van der Waals surface area contributed by atoms with Crippen molar-refractivity contribution in [2.75, 3.05) is 13.1 Å². The maximum Gasteiger partial charge on any atom is 0.0537 e. The quantitative estimate of drug-likeness (QED) is 0.774. The highest BCUT2D eigenvalue weighted by molar-refractivity contribution is 4.96. The summed E-state index contributed by atoms with van der Waals surface area (Å²) in [6, 6.07) is 2.06. The molecule has 3 heteroatoms. The van der Waals surface area contributed by atoms with E-state index < -0.39 is 0 Å². The van der Waals surface area contributed by atoms with Gasteiger partial charge in [-0.1, -0.05) is 19.3 Å². The fourth-order valence-electron chi connectivity index (χ4n) is 2.52. The molecule has 1 N–H and O–H groups in total. The van der Waals surface area contributed by atoms with Crippen molar-refractivity contribution in [1.29, 1.82) is 0 Å². The molecule has 0 saturated heterocycles. The third kappa shape index (κ3) is 3.34. The molecule has 0 unspecified atom stereocenters. The van der Waals surface area contributed by atoms with E-state index >= 15 is 0 Å². The predicted molar refractivity (Wildman–Crippen MR) is 66.4 cm³/mol. The van der Waals surface area contributed by atoms with Crippen molar-refractivity contribution >= 4 is 0 Å². The van der Waals surface area contributed by atoms with Gasteiger partial charge in [0.1, 0.15) is 0 Å². The molecule has 0 amide bonds. The lowest BCUT2D eigenvalue weighted by atomic mass is 9.89. The lowest BCUT2D eigenvalue weighted by Gasteiger charge is -2.21. The molecule has 0 spiro atoms. The molecule has 1 heterocycles. The number of nitrogens with one attached hydrogen (secondary N) is 1. The summed E-state index contributed by atoms with van der Waals surface area (Å²) in [5.41, 5.74) is 1.25. The summed E-state index contributed by atoms with van der Waals surface area (Å²) in [5.74, 6) is 0.924. The Morgan fingerprint density at radius 2 is 2.19 bits per heavy atom. The van der Waals surface area contributed by atoms with E-state index in [-0.39, 0.29) is 0 Å². The molecule has 1 saturated carbocycles. The van der Waals surface area contributed by atoms with E-state index in [9.17, 15) is 0 Å². The molecule has 0 bridgehead atoms. The first-order valence-corrected chi connectivity index (χ1v) is 6.55. The number of aryl methyl sites for hydroxylation is 1. The minimum absolute atomic E-state index is 0.924. The Morgan fingerprint density at radius 3 is 2.88 bits per heavy atom. The minimum atomic E-state index is 0.924. The number of aromatic nitrogens is 2. The molecule has 1 fully saturated rings. The third-order valence-corrected chi connectivity index (χ3v) is 3.59. The number of rotatable bonds is 5. The molecular formula is C13H23N3. The average molecular weight is 221 g/mol. The summed E-state index contributed by atoms with van der Waals surface area (Å²) >= 11 is 0. The molecule has 0 aromatic carbocycles. The van der Waals surface area contributed by atoms with Crippen LogP contribution in [-0.4, -0.2) is 22.9 Å². The fraction of sp³-hybridized carbons (Fsp3) is 0.769. The summed E-state index contributed by atoms with van der Waals surface area (Å²) < 4.78 is 2.06. The number of hydrogen-bond donors (Lipinski definition) is 1. The zero-order chi connectivity index (χ0) is 11.2. The maximum absolute atomic E-state index is 4.28. The van der Waals surface area contributed by atoms with Gasteiger partial charge in [0.15, 0.2) is 0 Å². The van der Waals surface area contributed by atoms with Crippen molar-refractivity contribution in [3.05, 3.63) is 18.0 Å². The van der Waals surface area contributed by atoms with Crippen molar-refractivity contribution in [2.24, 2.45) is 5.92 Å². The second-order valence-electron chi connectivity index (χ2n) is 4.90. The maximum atomic E-state index is 4.28. The first-order valence-electron chi connectivity index (χ1n) is 6.55. The van der Waals surface area contributed by atoms with E-state index in [2.05, 4.69) is 28.1 Å². The smallest absolute Gasteiger partial charge is 0.0537 e. The van der Waals surface area contributed by atoms with E-state index in [1.807, 2.05) is 6.20 Å². The van der Waals surface area contributed by atoms with Crippen LogP contribution in [0.4, 0.5) is 0 Å². The fourth-order valence-corrected chi connectivity index (χ4v) is 2.52. The van der Waals surface area contributed by atoms with Gasteiger partial charge in [0, 0.05) is 18.4 Å². The lowest BCUT2D eigenvalue weighted by molar-refractivity contribution is 0.339. The van der Waals surface area contributed by atoms with Gasteiger partial charge in [0.25, 0.3) is 0 Å². The van der Waals surface area contributed by atoms with Crippen LogP contribution in [0.1, 0.15) is 37.8 Å². The van der Waals surface area contributed by atoms with Crippen LogP contribution in [0.15, 0.2) is 12.3 Å². The highest BCUT2D eigenvalue weighted by atomic mass is 15.3. The van der Waals surface area contributed by atoms with Gasteiger partial charge in [0.05, 0.1) is 6.54 Å². The molecule has 1 aromatic heterocycles. The zero-order valence-electron chi connectivity index (χ0n) is 10.3. The summed E-state index contributed by atoms with van der Waals surface area (Å²) in [6.45, 7) is 5.33. The molecule has 16 heavy (non-hydrogen) atoms. The lowest BCUT2D eigenvalue weighted by Crippen LogP contribution is -2.27. The zero-order valence-corrected chi connectivity index (χ0v) is 10.3. The van der Waals surface area contributed by atoms with E-state index in [0.717, 1.165) is 19.0 Å². The molecule has 1 aliphatic carbocycles. The van der Waals surface area contributed by atoms with Crippen molar-refractivity contribution in [3.63, 3.8) is 0 Å². The van der Waals surface area contributed by atoms with Crippen LogP contribution in [0.25, 0.3) is 0 Å². The van der Waals surface area contributed by atoms with Gasteiger partial charge < -0.3 is 5.32 Å². The summed E-state index contributed by atoms with van der Waals surface area (Å²) in [6.07, 6.45) is 9.04. The summed E-state index contributed by atoms with van der Waals surface area (Å²) in [5, 5.41) is 7.84. The van der Waals surface area contributed by atoms with Crippen LogP contribution in [0.2, 0.25) is 0 Å². The van der Waals surface area contributed by atoms with Crippen LogP contribution in [0.5, 0.6) is 0 Å². The molecule has 0 radical (unpaired) electrons. The Morgan fingerprint density at radius 1 is 1.38 bits per heavy atom. The first kappa shape index (κ1) is 11.6. The van der Waals surface area contributed by atoms with Gasteiger partial charge in [-0.05, 0) is 38.3 Å². The first-order chi connectivity index (χ1) is 7.86. The second-order valence-corrected chi connectivity index (χ2v) is 4.90. The molecular weight excluding hydrogens is 198 g/mol. The highest BCUT2D eigenvalue weighted by Gasteiger charge is 2.12. The molecule has 1 aliphatic rings. The van der Waals surface area contributed by atoms with Crippen molar-refractivity contribution in [2.45, 2.75) is 45.6 Å². The Hall–Kier alpha value is -0.830. The van der Waals surface area contributed by atoms with Crippen LogP contribution < -0.4 is 5.32 Å². The summed E-state index contributed by atoms with van der Waals surface area (Å²) in [4.78, 5) is 0. The molecule has 1 aromatic rings. The number of nitrogens with zero attached hydrogens (tertiary/aromatic N) is 2. The highest BCUT2D eigenvalue weighted by Crippen LogP contribution is 2.22. The molecule has 90 valence electrons. The van der Waals surface area contributed by atoms with Gasteiger partial charge in [-0.15, -0.1) is 0 Å². The normalized spacial score (nSPS) is 17.8. The van der Waals surface area contributed by atoms with Crippen LogP contribution in [0, 0.1) is 12.8 Å². The van der Waals surface area contributed by atoms with Gasteiger partial charge >= 0.3 is 0 Å². The Bertz CT molecular complexity index is 300. The van der Waals surface area contributed by atoms with Crippen LogP contribution >= 0.6 is 0 Å². The Labute approximate surface area is 98.2 Å². The molecule has 2 rings (SSSR count). The Kier molecular flexibility index (Phi) is 4.40. The molecule has 0 atom stereocenters. The molecule has 0 aliphatic heterocycles. The topological polar surface area (TPSA) is 29.9 Å². The third-order valence-electron chi connectivity index (χ3n) is 3.59. The van der Waals surface area contributed by atoms with Crippen molar-refractivity contribution < 1.29 is 0 Å². The predicted octanol–water partition coefficient (Wildman–Crippen LogP) is 2.36. The summed E-state index contributed by atoms with van der Waals surface area (Å²) in [7, 11) is 0. The van der Waals surface area contributed by atoms with E-state index in [1.54, 1.807) is 0 Å². The number of hydrogen-bond acceptors (Lipinski definition) is 2. The largest absolute Gasteiger partial charge is 0.315 e.